The predicted molar refractivity (Wildman–Crippen MR) is 57.3 cm³/mol. The van der Waals surface area contributed by atoms with Crippen molar-refractivity contribution in [2.75, 3.05) is 20.9 Å². The Balaban J connectivity index is 2.51. The maximum atomic E-state index is 9.92. The number of ether oxygens (including phenoxy) is 2. The Kier molecular flexibility index (Phi) is 4.78. The molecule has 0 amide bonds. The summed E-state index contributed by atoms with van der Waals surface area (Å²) in [7, 11) is 3.25. The molecule has 0 aliphatic heterocycles. The molecule has 6 heteroatoms. The van der Waals surface area contributed by atoms with Gasteiger partial charge in [-0.2, -0.15) is 0 Å². The van der Waals surface area contributed by atoms with E-state index >= 15 is 0 Å². The van der Waals surface area contributed by atoms with Crippen LogP contribution in [-0.4, -0.2) is 32.4 Å². The van der Waals surface area contributed by atoms with Gasteiger partial charge in [0.2, 0.25) is 0 Å². The van der Waals surface area contributed by atoms with Crippen LogP contribution in [0, 0.1) is 0 Å². The molecule has 16 heavy (non-hydrogen) atoms. The molecule has 1 rings (SSSR count). The molecular formula is C10H13N3O3. The number of methoxy groups -OCH3 is 1. The van der Waals surface area contributed by atoms with E-state index < -0.39 is 0 Å². The van der Waals surface area contributed by atoms with E-state index in [0.29, 0.717) is 12.2 Å². The van der Waals surface area contributed by atoms with Gasteiger partial charge in [-0.3, -0.25) is 4.79 Å². The molecule has 0 radical (unpaired) electrons. The zero-order chi connectivity index (χ0) is 11.8. The van der Waals surface area contributed by atoms with Crippen molar-refractivity contribution < 1.29 is 14.3 Å². The lowest BCUT2D eigenvalue weighted by Crippen LogP contribution is -2.13. The Hall–Kier alpha value is -2.11. The van der Waals surface area contributed by atoms with E-state index in [1.165, 1.54) is 5.01 Å². The molecule has 0 bridgehead atoms. The van der Waals surface area contributed by atoms with Gasteiger partial charge < -0.3 is 9.47 Å². The first kappa shape index (κ1) is 12.0. The van der Waals surface area contributed by atoms with Crippen LogP contribution in [-0.2, 0) is 9.53 Å². The minimum Gasteiger partial charge on any atom is -0.497 e. The van der Waals surface area contributed by atoms with E-state index in [-0.39, 0.29) is 6.73 Å². The van der Waals surface area contributed by atoms with Crippen molar-refractivity contribution in [1.82, 2.24) is 5.01 Å². The van der Waals surface area contributed by atoms with Gasteiger partial charge in [0.15, 0.2) is 6.73 Å². The summed E-state index contributed by atoms with van der Waals surface area (Å²) < 4.78 is 9.50. The molecule has 0 unspecified atom stereocenters. The zero-order valence-corrected chi connectivity index (χ0v) is 9.16. The standard InChI is InChI=1S/C10H13N3O3/c1-13(7-16-8-14)12-11-9-3-5-10(15-2)6-4-9/h3-6,8H,7H2,1-2H3/b12-11+. The summed E-state index contributed by atoms with van der Waals surface area (Å²) in [5, 5.41) is 9.16. The largest absolute Gasteiger partial charge is 0.497 e. The first-order valence-corrected chi connectivity index (χ1v) is 4.58. The lowest BCUT2D eigenvalue weighted by atomic mass is 10.3. The number of hydrogen-bond acceptors (Lipinski definition) is 5. The van der Waals surface area contributed by atoms with Crippen LogP contribution in [0.15, 0.2) is 34.6 Å². The van der Waals surface area contributed by atoms with E-state index in [1.807, 2.05) is 0 Å². The number of carbonyl (C=O) groups is 1. The highest BCUT2D eigenvalue weighted by molar-refractivity contribution is 5.40. The highest BCUT2D eigenvalue weighted by atomic mass is 16.5. The molecule has 0 aromatic heterocycles. The quantitative estimate of drug-likeness (QED) is 0.319. The van der Waals surface area contributed by atoms with Crippen LogP contribution >= 0.6 is 0 Å². The summed E-state index contributed by atoms with van der Waals surface area (Å²) in [6.07, 6.45) is 0. The summed E-state index contributed by atoms with van der Waals surface area (Å²) in [6, 6.07) is 7.13. The molecule has 0 spiro atoms. The van der Waals surface area contributed by atoms with E-state index in [4.69, 9.17) is 4.74 Å². The van der Waals surface area contributed by atoms with E-state index in [9.17, 15) is 4.79 Å². The first-order valence-electron chi connectivity index (χ1n) is 4.58. The fourth-order valence-corrected chi connectivity index (χ4v) is 0.941. The van der Waals surface area contributed by atoms with Crippen molar-refractivity contribution in [2.24, 2.45) is 10.3 Å². The van der Waals surface area contributed by atoms with Crippen LogP contribution in [0.25, 0.3) is 0 Å². The number of rotatable bonds is 6. The topological polar surface area (TPSA) is 63.5 Å². The molecule has 0 saturated carbocycles. The Morgan fingerprint density at radius 2 is 2.06 bits per heavy atom. The van der Waals surface area contributed by atoms with Crippen LogP contribution in [0.5, 0.6) is 5.75 Å². The summed E-state index contributed by atoms with van der Waals surface area (Å²) in [5.74, 6) is 0.761. The van der Waals surface area contributed by atoms with Gasteiger partial charge in [-0.1, -0.05) is 5.22 Å². The average molecular weight is 223 g/mol. The van der Waals surface area contributed by atoms with Crippen molar-refractivity contribution in [3.05, 3.63) is 24.3 Å². The van der Waals surface area contributed by atoms with Crippen LogP contribution in [0.2, 0.25) is 0 Å². The first-order chi connectivity index (χ1) is 7.76. The third-order valence-electron chi connectivity index (χ3n) is 1.71. The van der Waals surface area contributed by atoms with Gasteiger partial charge in [-0.25, -0.2) is 5.01 Å². The normalized spacial score (nSPS) is 10.1. The van der Waals surface area contributed by atoms with Gasteiger partial charge in [0.05, 0.1) is 12.8 Å². The predicted octanol–water partition coefficient (Wildman–Crippen LogP) is 1.76. The van der Waals surface area contributed by atoms with Gasteiger partial charge in [0.1, 0.15) is 5.75 Å². The van der Waals surface area contributed by atoms with Crippen molar-refractivity contribution >= 4 is 12.2 Å². The molecule has 0 aliphatic carbocycles. The van der Waals surface area contributed by atoms with Crippen LogP contribution in [0.3, 0.4) is 0 Å². The third-order valence-corrected chi connectivity index (χ3v) is 1.71. The van der Waals surface area contributed by atoms with Crippen LogP contribution < -0.4 is 4.74 Å². The lowest BCUT2D eigenvalue weighted by Gasteiger charge is -2.08. The summed E-state index contributed by atoms with van der Waals surface area (Å²) in [6.45, 7) is 0.433. The SMILES string of the molecule is COc1ccc(/N=N/N(C)COC=O)cc1. The molecule has 0 atom stereocenters. The van der Waals surface area contributed by atoms with Gasteiger partial charge in [-0.15, -0.1) is 5.11 Å². The fourth-order valence-electron chi connectivity index (χ4n) is 0.941. The van der Waals surface area contributed by atoms with Gasteiger partial charge in [0, 0.05) is 7.05 Å². The summed E-state index contributed by atoms with van der Waals surface area (Å²) in [5.41, 5.74) is 0.693. The van der Waals surface area contributed by atoms with Crippen molar-refractivity contribution in [1.29, 1.82) is 0 Å². The van der Waals surface area contributed by atoms with Crippen LogP contribution in [0.1, 0.15) is 0 Å². The van der Waals surface area contributed by atoms with Crippen LogP contribution in [0.4, 0.5) is 5.69 Å². The maximum absolute atomic E-state index is 9.92. The second-order valence-electron chi connectivity index (χ2n) is 2.94. The number of nitrogens with zero attached hydrogens (tertiary/aromatic N) is 3. The van der Waals surface area contributed by atoms with E-state index in [0.717, 1.165) is 5.75 Å². The second kappa shape index (κ2) is 6.39. The minimum absolute atomic E-state index is 0.0726. The monoisotopic (exact) mass is 223 g/mol. The van der Waals surface area contributed by atoms with Gasteiger partial charge in [0.25, 0.3) is 6.47 Å². The Morgan fingerprint density at radius 1 is 1.38 bits per heavy atom. The smallest absolute Gasteiger partial charge is 0.294 e. The number of benzene rings is 1. The van der Waals surface area contributed by atoms with Crippen molar-refractivity contribution in [3.63, 3.8) is 0 Å². The molecule has 6 nitrogen and oxygen atoms in total. The number of carbonyl (C=O) groups excluding carboxylic acids is 1. The second-order valence-corrected chi connectivity index (χ2v) is 2.94. The molecule has 1 aromatic rings. The summed E-state index contributed by atoms with van der Waals surface area (Å²) in [4.78, 5) is 9.92. The van der Waals surface area contributed by atoms with E-state index in [1.54, 1.807) is 38.4 Å². The van der Waals surface area contributed by atoms with Crippen molar-refractivity contribution in [2.45, 2.75) is 0 Å². The highest BCUT2D eigenvalue weighted by Crippen LogP contribution is 2.17. The molecule has 1 aromatic carbocycles. The molecule has 0 heterocycles. The Labute approximate surface area is 93.5 Å². The molecule has 0 aliphatic rings. The Bertz CT molecular complexity index is 351. The molecular weight excluding hydrogens is 210 g/mol. The highest BCUT2D eigenvalue weighted by Gasteiger charge is 1.94. The molecule has 0 N–H and O–H groups in total. The minimum atomic E-state index is 0.0726. The zero-order valence-electron chi connectivity index (χ0n) is 9.16. The van der Waals surface area contributed by atoms with E-state index in [2.05, 4.69) is 15.1 Å². The number of hydrogen-bond donors (Lipinski definition) is 0. The van der Waals surface area contributed by atoms with Gasteiger partial charge >= 0.3 is 0 Å². The Morgan fingerprint density at radius 3 is 2.62 bits per heavy atom. The van der Waals surface area contributed by atoms with Crippen molar-refractivity contribution in [3.8, 4) is 5.75 Å². The summed E-state index contributed by atoms with van der Waals surface area (Å²) >= 11 is 0. The maximum Gasteiger partial charge on any atom is 0.294 e. The van der Waals surface area contributed by atoms with Gasteiger partial charge in [-0.05, 0) is 24.3 Å². The molecule has 0 fully saturated rings. The average Bonchev–Trinajstić information content (AvgIpc) is 2.34. The molecule has 86 valence electrons. The lowest BCUT2D eigenvalue weighted by molar-refractivity contribution is -0.132. The third kappa shape index (κ3) is 3.95. The molecule has 0 saturated heterocycles. The fraction of sp³-hybridized carbons (Fsp3) is 0.300.